The molecule has 0 aliphatic heterocycles. The summed E-state index contributed by atoms with van der Waals surface area (Å²) in [4.78, 5) is 22.5. The highest BCUT2D eigenvalue weighted by Crippen LogP contribution is 2.22. The van der Waals surface area contributed by atoms with Crippen molar-refractivity contribution >= 4 is 17.4 Å². The van der Waals surface area contributed by atoms with Crippen LogP contribution in [0.2, 0.25) is 0 Å². The highest BCUT2D eigenvalue weighted by molar-refractivity contribution is 5.96. The molecule has 3 heteroatoms. The van der Waals surface area contributed by atoms with Crippen molar-refractivity contribution in [2.75, 3.05) is 5.32 Å². The number of nitrogens with one attached hydrogen (secondary N) is 1. The third-order valence-corrected chi connectivity index (χ3v) is 3.07. The molecule has 0 radical (unpaired) electrons. The Hall–Kier alpha value is -2.42. The molecule has 0 bridgehead atoms. The summed E-state index contributed by atoms with van der Waals surface area (Å²) < 4.78 is 0. The van der Waals surface area contributed by atoms with Crippen LogP contribution in [0.15, 0.2) is 48.5 Å². The number of amides is 1. The van der Waals surface area contributed by atoms with E-state index < -0.39 is 0 Å². The fourth-order valence-electron chi connectivity index (χ4n) is 2.00. The summed E-state index contributed by atoms with van der Waals surface area (Å²) >= 11 is 0. The highest BCUT2D eigenvalue weighted by atomic mass is 16.1. The lowest BCUT2D eigenvalue weighted by Crippen LogP contribution is -2.05. The first-order valence-corrected chi connectivity index (χ1v) is 6.61. The standard InChI is InChI=1S/C17H17NO2/c1-3-17(20)15-6-4-13(5-7-15)14-8-10-16(11-9-14)18-12(2)19/h4-11H,3H2,1-2H3,(H,18,19). The normalized spacial score (nSPS) is 10.1. The maximum atomic E-state index is 11.6. The van der Waals surface area contributed by atoms with Gasteiger partial charge in [0.25, 0.3) is 0 Å². The van der Waals surface area contributed by atoms with E-state index in [1.165, 1.54) is 6.92 Å². The smallest absolute Gasteiger partial charge is 0.221 e. The van der Waals surface area contributed by atoms with E-state index in [0.29, 0.717) is 6.42 Å². The van der Waals surface area contributed by atoms with Crippen LogP contribution in [0.25, 0.3) is 11.1 Å². The Labute approximate surface area is 118 Å². The van der Waals surface area contributed by atoms with Gasteiger partial charge in [-0.15, -0.1) is 0 Å². The van der Waals surface area contributed by atoms with Crippen LogP contribution in [-0.2, 0) is 4.79 Å². The molecule has 0 aliphatic carbocycles. The number of benzene rings is 2. The van der Waals surface area contributed by atoms with Crippen molar-refractivity contribution in [2.24, 2.45) is 0 Å². The van der Waals surface area contributed by atoms with Crippen LogP contribution >= 0.6 is 0 Å². The second kappa shape index (κ2) is 6.15. The lowest BCUT2D eigenvalue weighted by molar-refractivity contribution is -0.114. The Bertz CT molecular complexity index is 612. The summed E-state index contributed by atoms with van der Waals surface area (Å²) in [6.07, 6.45) is 0.519. The van der Waals surface area contributed by atoms with Gasteiger partial charge in [-0.05, 0) is 23.3 Å². The lowest BCUT2D eigenvalue weighted by atomic mass is 10.0. The Morgan fingerprint density at radius 1 is 0.900 bits per heavy atom. The molecule has 102 valence electrons. The molecule has 2 rings (SSSR count). The van der Waals surface area contributed by atoms with E-state index in [4.69, 9.17) is 0 Å². The van der Waals surface area contributed by atoms with Gasteiger partial charge in [-0.2, -0.15) is 0 Å². The maximum absolute atomic E-state index is 11.6. The largest absolute Gasteiger partial charge is 0.326 e. The first-order valence-electron chi connectivity index (χ1n) is 6.61. The van der Waals surface area contributed by atoms with Crippen molar-refractivity contribution in [1.82, 2.24) is 0 Å². The predicted molar refractivity (Wildman–Crippen MR) is 80.8 cm³/mol. The van der Waals surface area contributed by atoms with Crippen LogP contribution in [0, 0.1) is 0 Å². The number of carbonyl (C=O) groups excluding carboxylic acids is 2. The fourth-order valence-corrected chi connectivity index (χ4v) is 2.00. The fraction of sp³-hybridized carbons (Fsp3) is 0.176. The topological polar surface area (TPSA) is 46.2 Å². The SMILES string of the molecule is CCC(=O)c1ccc(-c2ccc(NC(C)=O)cc2)cc1. The van der Waals surface area contributed by atoms with Gasteiger partial charge in [-0.1, -0.05) is 43.3 Å². The van der Waals surface area contributed by atoms with Crippen LogP contribution in [0.5, 0.6) is 0 Å². The Balaban J connectivity index is 2.19. The Kier molecular flexibility index (Phi) is 4.31. The van der Waals surface area contributed by atoms with Crippen LogP contribution in [0.3, 0.4) is 0 Å². The van der Waals surface area contributed by atoms with E-state index in [1.54, 1.807) is 0 Å². The van der Waals surface area contributed by atoms with Gasteiger partial charge in [-0.3, -0.25) is 9.59 Å². The minimum Gasteiger partial charge on any atom is -0.326 e. The van der Waals surface area contributed by atoms with E-state index in [9.17, 15) is 9.59 Å². The molecule has 0 aromatic heterocycles. The number of carbonyl (C=O) groups is 2. The van der Waals surface area contributed by atoms with Gasteiger partial charge < -0.3 is 5.32 Å². The number of ketones is 1. The molecule has 1 N–H and O–H groups in total. The first kappa shape index (κ1) is 14.0. The minimum atomic E-state index is -0.0832. The molecule has 2 aromatic rings. The van der Waals surface area contributed by atoms with Crippen molar-refractivity contribution in [3.63, 3.8) is 0 Å². The average molecular weight is 267 g/mol. The van der Waals surface area contributed by atoms with Crippen LogP contribution < -0.4 is 5.32 Å². The molecule has 0 unspecified atom stereocenters. The van der Waals surface area contributed by atoms with Gasteiger partial charge in [0.05, 0.1) is 0 Å². The molecule has 20 heavy (non-hydrogen) atoms. The van der Waals surface area contributed by atoms with Gasteiger partial charge in [0, 0.05) is 24.6 Å². The third-order valence-electron chi connectivity index (χ3n) is 3.07. The zero-order valence-corrected chi connectivity index (χ0v) is 11.6. The number of rotatable bonds is 4. The van der Waals surface area contributed by atoms with E-state index in [1.807, 2.05) is 55.5 Å². The summed E-state index contributed by atoms with van der Waals surface area (Å²) in [5, 5.41) is 2.73. The molecule has 2 aromatic carbocycles. The number of Topliss-reactive ketones (excluding diaryl/α,β-unsaturated/α-hetero) is 1. The molecule has 0 atom stereocenters. The van der Waals surface area contributed by atoms with E-state index in [2.05, 4.69) is 5.32 Å². The quantitative estimate of drug-likeness (QED) is 0.854. The molecule has 3 nitrogen and oxygen atoms in total. The van der Waals surface area contributed by atoms with Gasteiger partial charge in [-0.25, -0.2) is 0 Å². The van der Waals surface area contributed by atoms with Crippen LogP contribution in [0.4, 0.5) is 5.69 Å². The van der Waals surface area contributed by atoms with Crippen molar-refractivity contribution in [1.29, 1.82) is 0 Å². The summed E-state index contributed by atoms with van der Waals surface area (Å²) in [6, 6.07) is 15.2. The summed E-state index contributed by atoms with van der Waals surface area (Å²) in [7, 11) is 0. The monoisotopic (exact) mass is 267 g/mol. The lowest BCUT2D eigenvalue weighted by Gasteiger charge is -2.06. The molecular weight excluding hydrogens is 250 g/mol. The maximum Gasteiger partial charge on any atom is 0.221 e. The van der Waals surface area contributed by atoms with Gasteiger partial charge in [0.15, 0.2) is 5.78 Å². The zero-order valence-electron chi connectivity index (χ0n) is 11.6. The van der Waals surface area contributed by atoms with Gasteiger partial charge >= 0.3 is 0 Å². The molecule has 0 saturated carbocycles. The zero-order chi connectivity index (χ0) is 14.5. The van der Waals surface area contributed by atoms with Crippen molar-refractivity contribution < 1.29 is 9.59 Å². The summed E-state index contributed by atoms with van der Waals surface area (Å²) in [5.41, 5.74) is 3.62. The highest BCUT2D eigenvalue weighted by Gasteiger charge is 2.04. The molecule has 0 heterocycles. The number of anilines is 1. The number of hydrogen-bond acceptors (Lipinski definition) is 2. The van der Waals surface area contributed by atoms with E-state index in [0.717, 1.165) is 22.4 Å². The van der Waals surface area contributed by atoms with Gasteiger partial charge in [0.2, 0.25) is 5.91 Å². The molecule has 0 fully saturated rings. The summed E-state index contributed by atoms with van der Waals surface area (Å²) in [6.45, 7) is 3.34. The second-order valence-corrected chi connectivity index (χ2v) is 4.61. The van der Waals surface area contributed by atoms with Crippen molar-refractivity contribution in [3.05, 3.63) is 54.1 Å². The summed E-state index contributed by atoms with van der Waals surface area (Å²) in [5.74, 6) is 0.0673. The molecule has 0 saturated heterocycles. The van der Waals surface area contributed by atoms with E-state index in [-0.39, 0.29) is 11.7 Å². The minimum absolute atomic E-state index is 0.0832. The molecule has 0 spiro atoms. The van der Waals surface area contributed by atoms with Crippen LogP contribution in [0.1, 0.15) is 30.6 Å². The van der Waals surface area contributed by atoms with Crippen molar-refractivity contribution in [3.8, 4) is 11.1 Å². The molecule has 1 amide bonds. The second-order valence-electron chi connectivity index (χ2n) is 4.61. The van der Waals surface area contributed by atoms with E-state index >= 15 is 0 Å². The third kappa shape index (κ3) is 3.32. The predicted octanol–water partition coefficient (Wildman–Crippen LogP) is 3.90. The van der Waals surface area contributed by atoms with Crippen molar-refractivity contribution in [2.45, 2.75) is 20.3 Å². The van der Waals surface area contributed by atoms with Crippen LogP contribution in [-0.4, -0.2) is 11.7 Å². The Morgan fingerprint density at radius 2 is 1.40 bits per heavy atom. The van der Waals surface area contributed by atoms with Gasteiger partial charge in [0.1, 0.15) is 0 Å². The molecular formula is C17H17NO2. The Morgan fingerprint density at radius 3 is 1.85 bits per heavy atom. The average Bonchev–Trinajstić information content (AvgIpc) is 2.47. The number of hydrogen-bond donors (Lipinski definition) is 1. The molecule has 0 aliphatic rings. The first-order chi connectivity index (χ1) is 9.60.